The third kappa shape index (κ3) is 5.58. The molecule has 2 N–H and O–H groups in total. The number of amides is 1. The van der Waals surface area contributed by atoms with Crippen molar-refractivity contribution in [2.24, 2.45) is 0 Å². The average molecular weight is 453 g/mol. The molecule has 1 heterocycles. The maximum atomic E-state index is 12.4. The van der Waals surface area contributed by atoms with Crippen LogP contribution in [0.5, 0.6) is 0 Å². The van der Waals surface area contributed by atoms with Crippen LogP contribution < -0.4 is 5.32 Å². The Morgan fingerprint density at radius 2 is 1.62 bits per heavy atom. The number of benzene rings is 2. The van der Waals surface area contributed by atoms with Crippen molar-refractivity contribution < 1.29 is 33.8 Å². The van der Waals surface area contributed by atoms with Crippen molar-refractivity contribution in [3.8, 4) is 10.4 Å². The summed E-state index contributed by atoms with van der Waals surface area (Å²) in [4.78, 5) is 48.6. The van der Waals surface area contributed by atoms with Gasteiger partial charge in [0.25, 0.3) is 5.91 Å². The highest BCUT2D eigenvalue weighted by Crippen LogP contribution is 2.35. The van der Waals surface area contributed by atoms with Gasteiger partial charge < -0.3 is 19.9 Å². The fourth-order valence-electron chi connectivity index (χ4n) is 2.75. The molecular formula is C23H19NO7S. The molecule has 0 saturated heterocycles. The highest BCUT2D eigenvalue weighted by molar-refractivity contribution is 7.20. The maximum absolute atomic E-state index is 12.4. The SMILES string of the molecule is CCOC(=O)c1cc(-c2ccccc2)sc1NC(=O)COC(=O)c1cccc(C(=O)O)c1. The van der Waals surface area contributed by atoms with Crippen LogP contribution in [0.1, 0.15) is 38.0 Å². The maximum Gasteiger partial charge on any atom is 0.341 e. The third-order valence-corrected chi connectivity index (χ3v) is 5.32. The minimum absolute atomic E-state index is 0.00685. The smallest absolute Gasteiger partial charge is 0.341 e. The monoisotopic (exact) mass is 453 g/mol. The number of esters is 2. The van der Waals surface area contributed by atoms with Gasteiger partial charge >= 0.3 is 17.9 Å². The Morgan fingerprint density at radius 3 is 2.31 bits per heavy atom. The number of anilines is 1. The van der Waals surface area contributed by atoms with Crippen LogP contribution in [-0.2, 0) is 14.3 Å². The zero-order chi connectivity index (χ0) is 23.1. The lowest BCUT2D eigenvalue weighted by molar-refractivity contribution is -0.119. The van der Waals surface area contributed by atoms with Gasteiger partial charge in [-0.05, 0) is 36.8 Å². The summed E-state index contributed by atoms with van der Waals surface area (Å²) in [6.45, 7) is 1.24. The number of ether oxygens (including phenoxy) is 2. The predicted octanol–water partition coefficient (Wildman–Crippen LogP) is 4.09. The Balaban J connectivity index is 1.71. The fourth-order valence-corrected chi connectivity index (χ4v) is 3.81. The molecule has 0 radical (unpaired) electrons. The van der Waals surface area contributed by atoms with Crippen LogP contribution in [0.2, 0.25) is 0 Å². The summed E-state index contributed by atoms with van der Waals surface area (Å²) in [6.07, 6.45) is 0. The van der Waals surface area contributed by atoms with Gasteiger partial charge in [0.1, 0.15) is 5.00 Å². The summed E-state index contributed by atoms with van der Waals surface area (Å²) in [5.41, 5.74) is 1.00. The number of hydrogen-bond acceptors (Lipinski definition) is 7. The quantitative estimate of drug-likeness (QED) is 0.493. The van der Waals surface area contributed by atoms with Gasteiger partial charge in [-0.25, -0.2) is 14.4 Å². The Morgan fingerprint density at radius 1 is 0.906 bits per heavy atom. The van der Waals surface area contributed by atoms with E-state index in [2.05, 4.69) is 5.32 Å². The normalized spacial score (nSPS) is 10.3. The number of carbonyl (C=O) groups is 4. The molecule has 0 unspecified atom stereocenters. The molecule has 0 atom stereocenters. The van der Waals surface area contributed by atoms with Crippen molar-refractivity contribution in [3.05, 3.63) is 77.4 Å². The van der Waals surface area contributed by atoms with E-state index in [0.717, 1.165) is 16.5 Å². The number of carboxylic acids is 1. The number of rotatable bonds is 8. The van der Waals surface area contributed by atoms with E-state index >= 15 is 0 Å². The number of carboxylic acid groups (broad SMARTS) is 1. The zero-order valence-electron chi connectivity index (χ0n) is 17.0. The first-order valence-electron chi connectivity index (χ1n) is 9.55. The van der Waals surface area contributed by atoms with Crippen LogP contribution in [0.25, 0.3) is 10.4 Å². The molecule has 0 fully saturated rings. The topological polar surface area (TPSA) is 119 Å². The van der Waals surface area contributed by atoms with Gasteiger partial charge in [-0.3, -0.25) is 4.79 Å². The summed E-state index contributed by atoms with van der Waals surface area (Å²) in [5, 5.41) is 11.9. The predicted molar refractivity (Wildman–Crippen MR) is 118 cm³/mol. The first-order valence-corrected chi connectivity index (χ1v) is 10.4. The standard InChI is InChI=1S/C23H19NO7S/c1-2-30-23(29)17-12-18(14-7-4-3-5-8-14)32-20(17)24-19(25)13-31-22(28)16-10-6-9-15(11-16)21(26)27/h3-12H,2,13H2,1H3,(H,24,25)(H,26,27). The molecule has 0 spiro atoms. The Hall–Kier alpha value is -3.98. The zero-order valence-corrected chi connectivity index (χ0v) is 17.8. The first kappa shape index (κ1) is 22.7. The van der Waals surface area contributed by atoms with Crippen molar-refractivity contribution in [3.63, 3.8) is 0 Å². The summed E-state index contributed by atoms with van der Waals surface area (Å²) in [5.74, 6) is -3.26. The van der Waals surface area contributed by atoms with E-state index in [-0.39, 0.29) is 28.3 Å². The Labute approximate surface area is 187 Å². The van der Waals surface area contributed by atoms with Crippen molar-refractivity contribution in [1.29, 1.82) is 0 Å². The molecule has 3 rings (SSSR count). The van der Waals surface area contributed by atoms with E-state index in [1.807, 2.05) is 30.3 Å². The molecule has 0 saturated carbocycles. The van der Waals surface area contributed by atoms with E-state index in [9.17, 15) is 19.2 Å². The molecule has 0 aliphatic carbocycles. The second-order valence-corrected chi connectivity index (χ2v) is 7.50. The van der Waals surface area contributed by atoms with Gasteiger partial charge in [-0.15, -0.1) is 11.3 Å². The van der Waals surface area contributed by atoms with E-state index in [4.69, 9.17) is 14.6 Å². The summed E-state index contributed by atoms with van der Waals surface area (Å²) >= 11 is 1.19. The summed E-state index contributed by atoms with van der Waals surface area (Å²) in [6, 6.07) is 16.3. The molecule has 1 aromatic heterocycles. The van der Waals surface area contributed by atoms with Crippen molar-refractivity contribution in [1.82, 2.24) is 0 Å². The number of nitrogens with one attached hydrogen (secondary N) is 1. The highest BCUT2D eigenvalue weighted by atomic mass is 32.1. The van der Waals surface area contributed by atoms with Gasteiger partial charge in [0, 0.05) is 4.88 Å². The minimum atomic E-state index is -1.18. The number of carbonyl (C=O) groups excluding carboxylic acids is 3. The van der Waals surface area contributed by atoms with Crippen molar-refractivity contribution in [2.45, 2.75) is 6.92 Å². The van der Waals surface area contributed by atoms with Crippen LogP contribution in [0.15, 0.2) is 60.7 Å². The van der Waals surface area contributed by atoms with Gasteiger partial charge in [-0.2, -0.15) is 0 Å². The van der Waals surface area contributed by atoms with Crippen LogP contribution >= 0.6 is 11.3 Å². The van der Waals surface area contributed by atoms with E-state index < -0.39 is 30.4 Å². The summed E-state index contributed by atoms with van der Waals surface area (Å²) in [7, 11) is 0. The van der Waals surface area contributed by atoms with Gasteiger partial charge in [0.2, 0.25) is 0 Å². The van der Waals surface area contributed by atoms with Gasteiger partial charge in [0.05, 0.1) is 23.3 Å². The molecule has 0 bridgehead atoms. The molecular weight excluding hydrogens is 434 g/mol. The summed E-state index contributed by atoms with van der Waals surface area (Å²) < 4.78 is 10.0. The molecule has 1 amide bonds. The van der Waals surface area contributed by atoms with Crippen LogP contribution in [-0.4, -0.2) is 42.1 Å². The van der Waals surface area contributed by atoms with Gasteiger partial charge in [0.15, 0.2) is 6.61 Å². The van der Waals surface area contributed by atoms with Crippen LogP contribution in [0.3, 0.4) is 0 Å². The van der Waals surface area contributed by atoms with Crippen LogP contribution in [0, 0.1) is 0 Å². The van der Waals surface area contributed by atoms with Crippen molar-refractivity contribution >= 4 is 40.2 Å². The molecule has 9 heteroatoms. The molecule has 164 valence electrons. The Kier molecular flexibility index (Phi) is 7.35. The largest absolute Gasteiger partial charge is 0.478 e. The molecule has 8 nitrogen and oxygen atoms in total. The van der Waals surface area contributed by atoms with E-state index in [1.54, 1.807) is 13.0 Å². The lowest BCUT2D eigenvalue weighted by atomic mass is 10.1. The first-order chi connectivity index (χ1) is 15.4. The third-order valence-electron chi connectivity index (χ3n) is 4.22. The van der Waals surface area contributed by atoms with Gasteiger partial charge in [-0.1, -0.05) is 36.4 Å². The highest BCUT2D eigenvalue weighted by Gasteiger charge is 2.20. The number of hydrogen-bond donors (Lipinski definition) is 2. The van der Waals surface area contributed by atoms with E-state index in [0.29, 0.717) is 0 Å². The lowest BCUT2D eigenvalue weighted by Gasteiger charge is -2.07. The second-order valence-electron chi connectivity index (χ2n) is 6.45. The minimum Gasteiger partial charge on any atom is -0.478 e. The number of aromatic carboxylic acids is 1. The fraction of sp³-hybridized carbons (Fsp3) is 0.130. The van der Waals surface area contributed by atoms with Crippen LogP contribution in [0.4, 0.5) is 5.00 Å². The molecule has 2 aromatic carbocycles. The average Bonchev–Trinajstić information content (AvgIpc) is 3.22. The van der Waals surface area contributed by atoms with Crippen molar-refractivity contribution in [2.75, 3.05) is 18.5 Å². The molecule has 32 heavy (non-hydrogen) atoms. The number of thiophene rings is 1. The molecule has 0 aliphatic heterocycles. The second kappa shape index (κ2) is 10.4. The lowest BCUT2D eigenvalue weighted by Crippen LogP contribution is -2.21. The van der Waals surface area contributed by atoms with E-state index in [1.165, 1.54) is 29.5 Å². The molecule has 3 aromatic rings. The Bertz CT molecular complexity index is 1150. The molecule has 0 aliphatic rings.